The van der Waals surface area contributed by atoms with Gasteiger partial charge in [0.05, 0.1) is 5.41 Å². The number of nitrogens with zero attached hydrogens (tertiary/aromatic N) is 1. The lowest BCUT2D eigenvalue weighted by atomic mass is 9.71. The Bertz CT molecular complexity index is 347. The topological polar surface area (TPSA) is 49.8 Å². The summed E-state index contributed by atoms with van der Waals surface area (Å²) in [5.41, 5.74) is -0.0219. The molecule has 3 aliphatic rings. The lowest BCUT2D eigenvalue weighted by molar-refractivity contribution is -0.160. The predicted octanol–water partition coefficient (Wildman–Crippen LogP) is 2.52. The van der Waals surface area contributed by atoms with Crippen LogP contribution in [0.3, 0.4) is 0 Å². The Morgan fingerprint density at radius 1 is 1.00 bits per heavy atom. The van der Waals surface area contributed by atoms with Crippen LogP contribution in [0.2, 0.25) is 0 Å². The molecule has 1 aliphatic carbocycles. The Morgan fingerprint density at radius 2 is 1.60 bits per heavy atom. The molecule has 2 aliphatic heterocycles. The van der Waals surface area contributed by atoms with Crippen LogP contribution >= 0.6 is 0 Å². The van der Waals surface area contributed by atoms with Crippen LogP contribution in [0.5, 0.6) is 0 Å². The smallest absolute Gasteiger partial charge is 0.311 e. The van der Waals surface area contributed by atoms with E-state index >= 15 is 0 Å². The molecule has 2 saturated heterocycles. The summed E-state index contributed by atoms with van der Waals surface area (Å²) in [5.74, 6) is -0.623. The minimum Gasteiger partial charge on any atom is -0.481 e. The Kier molecular flexibility index (Phi) is 4.04. The highest BCUT2D eigenvalue weighted by Gasteiger charge is 2.48. The summed E-state index contributed by atoms with van der Waals surface area (Å²) < 4.78 is 5.35. The maximum atomic E-state index is 11.7. The van der Waals surface area contributed by atoms with Crippen LogP contribution in [0.25, 0.3) is 0 Å². The fourth-order valence-corrected chi connectivity index (χ4v) is 4.44. The van der Waals surface area contributed by atoms with Gasteiger partial charge in [-0.05, 0) is 31.1 Å². The van der Waals surface area contributed by atoms with Crippen molar-refractivity contribution in [1.82, 2.24) is 4.90 Å². The minimum absolute atomic E-state index is 0.529. The van der Waals surface area contributed by atoms with Crippen molar-refractivity contribution in [3.63, 3.8) is 0 Å². The van der Waals surface area contributed by atoms with E-state index in [0.717, 1.165) is 19.6 Å². The average Bonchev–Trinajstić information content (AvgIpc) is 2.65. The summed E-state index contributed by atoms with van der Waals surface area (Å²) in [6, 6.07) is 0. The molecule has 4 nitrogen and oxygen atoms in total. The molecule has 0 radical (unpaired) electrons. The van der Waals surface area contributed by atoms with E-state index in [-0.39, 0.29) is 0 Å². The van der Waals surface area contributed by atoms with Gasteiger partial charge >= 0.3 is 5.97 Å². The van der Waals surface area contributed by atoms with E-state index in [1.54, 1.807) is 0 Å². The second-order valence-corrected chi connectivity index (χ2v) is 7.26. The van der Waals surface area contributed by atoms with Crippen LogP contribution in [0.15, 0.2) is 0 Å². The Balaban J connectivity index is 1.57. The number of carboxylic acid groups (broad SMARTS) is 1. The van der Waals surface area contributed by atoms with E-state index in [2.05, 4.69) is 4.90 Å². The Hall–Kier alpha value is -0.610. The van der Waals surface area contributed by atoms with Crippen molar-refractivity contribution >= 4 is 5.97 Å². The predicted molar refractivity (Wildman–Crippen MR) is 76.7 cm³/mol. The van der Waals surface area contributed by atoms with Gasteiger partial charge in [0, 0.05) is 32.8 Å². The molecule has 3 fully saturated rings. The highest BCUT2D eigenvalue weighted by Crippen LogP contribution is 2.44. The quantitative estimate of drug-likeness (QED) is 0.863. The number of carbonyl (C=O) groups is 1. The van der Waals surface area contributed by atoms with E-state index in [0.29, 0.717) is 31.5 Å². The summed E-state index contributed by atoms with van der Waals surface area (Å²) in [6.45, 7) is 4.19. The van der Waals surface area contributed by atoms with E-state index in [1.807, 2.05) is 0 Å². The highest BCUT2D eigenvalue weighted by molar-refractivity contribution is 5.75. The lowest BCUT2D eigenvalue weighted by Gasteiger charge is -2.53. The largest absolute Gasteiger partial charge is 0.481 e. The Labute approximate surface area is 121 Å². The van der Waals surface area contributed by atoms with Crippen molar-refractivity contribution in [2.24, 2.45) is 10.8 Å². The minimum atomic E-state index is -0.623. The van der Waals surface area contributed by atoms with Crippen LogP contribution in [0.4, 0.5) is 0 Å². The summed E-state index contributed by atoms with van der Waals surface area (Å²) >= 11 is 0. The first-order chi connectivity index (χ1) is 9.64. The molecule has 0 unspecified atom stereocenters. The zero-order valence-corrected chi connectivity index (χ0v) is 12.4. The molecule has 3 rings (SSSR count). The van der Waals surface area contributed by atoms with Crippen molar-refractivity contribution < 1.29 is 14.6 Å². The van der Waals surface area contributed by atoms with Gasteiger partial charge in [0.15, 0.2) is 0 Å². The molecule has 2 heterocycles. The van der Waals surface area contributed by atoms with E-state index < -0.39 is 11.4 Å². The van der Waals surface area contributed by atoms with E-state index in [9.17, 15) is 9.90 Å². The fraction of sp³-hybridized carbons (Fsp3) is 0.938. The molecule has 0 amide bonds. The molecule has 0 aromatic rings. The monoisotopic (exact) mass is 281 g/mol. The zero-order chi connectivity index (χ0) is 14.1. The lowest BCUT2D eigenvalue weighted by Crippen LogP contribution is -2.60. The zero-order valence-electron chi connectivity index (χ0n) is 12.4. The highest BCUT2D eigenvalue weighted by atomic mass is 16.5. The fourth-order valence-electron chi connectivity index (χ4n) is 4.44. The van der Waals surface area contributed by atoms with Crippen molar-refractivity contribution in [3.8, 4) is 0 Å². The molecule has 0 aromatic heterocycles. The normalized spacial score (nSPS) is 29.6. The first-order valence-corrected chi connectivity index (χ1v) is 8.18. The molecule has 0 atom stereocenters. The van der Waals surface area contributed by atoms with Crippen molar-refractivity contribution in [3.05, 3.63) is 0 Å². The van der Waals surface area contributed by atoms with Crippen LogP contribution in [0.1, 0.15) is 51.4 Å². The number of hydrogen-bond donors (Lipinski definition) is 1. The van der Waals surface area contributed by atoms with Crippen LogP contribution < -0.4 is 0 Å². The van der Waals surface area contributed by atoms with Crippen LogP contribution in [0, 0.1) is 10.8 Å². The number of ether oxygens (including phenoxy) is 1. The maximum Gasteiger partial charge on any atom is 0.311 e. The van der Waals surface area contributed by atoms with E-state index in [4.69, 9.17) is 4.74 Å². The SMILES string of the molecule is O=C(O)C1(CN2CC3(CCCCCC3)C2)CCOCC1. The summed E-state index contributed by atoms with van der Waals surface area (Å²) in [4.78, 5) is 14.1. The van der Waals surface area contributed by atoms with Gasteiger partial charge < -0.3 is 14.7 Å². The second kappa shape index (κ2) is 5.64. The van der Waals surface area contributed by atoms with Crippen molar-refractivity contribution in [2.75, 3.05) is 32.8 Å². The molecule has 114 valence electrons. The number of rotatable bonds is 3. The van der Waals surface area contributed by atoms with Gasteiger partial charge in [-0.15, -0.1) is 0 Å². The van der Waals surface area contributed by atoms with Crippen molar-refractivity contribution in [2.45, 2.75) is 51.4 Å². The summed E-state index contributed by atoms with van der Waals surface area (Å²) in [5, 5.41) is 9.62. The number of likely N-dealkylation sites (tertiary alicyclic amines) is 1. The standard InChI is InChI=1S/C16H27NO3/c18-14(19)16(7-9-20-10-8-16)13-17-11-15(12-17)5-3-1-2-4-6-15/h1-13H2,(H,18,19). The number of carboxylic acids is 1. The molecule has 4 heteroatoms. The molecule has 1 N–H and O–H groups in total. The first-order valence-electron chi connectivity index (χ1n) is 8.18. The van der Waals surface area contributed by atoms with Crippen LogP contribution in [-0.4, -0.2) is 48.8 Å². The summed E-state index contributed by atoms with van der Waals surface area (Å²) in [6.07, 6.45) is 9.56. The molecule has 1 spiro atoms. The molecular formula is C16H27NO3. The van der Waals surface area contributed by atoms with Gasteiger partial charge in [-0.25, -0.2) is 0 Å². The van der Waals surface area contributed by atoms with Gasteiger partial charge in [0.25, 0.3) is 0 Å². The van der Waals surface area contributed by atoms with Crippen molar-refractivity contribution in [1.29, 1.82) is 0 Å². The molecule has 20 heavy (non-hydrogen) atoms. The molecule has 0 bridgehead atoms. The van der Waals surface area contributed by atoms with Gasteiger partial charge in [-0.2, -0.15) is 0 Å². The second-order valence-electron chi connectivity index (χ2n) is 7.26. The molecule has 1 saturated carbocycles. The number of aliphatic carboxylic acids is 1. The van der Waals surface area contributed by atoms with Gasteiger partial charge in [-0.1, -0.05) is 25.7 Å². The third kappa shape index (κ3) is 2.73. The van der Waals surface area contributed by atoms with Gasteiger partial charge in [-0.3, -0.25) is 4.79 Å². The Morgan fingerprint density at radius 3 is 2.15 bits per heavy atom. The maximum absolute atomic E-state index is 11.7. The number of hydrogen-bond acceptors (Lipinski definition) is 3. The van der Waals surface area contributed by atoms with Crippen LogP contribution in [-0.2, 0) is 9.53 Å². The first kappa shape index (κ1) is 14.3. The van der Waals surface area contributed by atoms with Gasteiger partial charge in [0.2, 0.25) is 0 Å². The third-order valence-electron chi connectivity index (χ3n) is 5.71. The third-order valence-corrected chi connectivity index (χ3v) is 5.71. The average molecular weight is 281 g/mol. The van der Waals surface area contributed by atoms with E-state index in [1.165, 1.54) is 38.5 Å². The van der Waals surface area contributed by atoms with Gasteiger partial charge in [0.1, 0.15) is 0 Å². The summed E-state index contributed by atoms with van der Waals surface area (Å²) in [7, 11) is 0. The molecular weight excluding hydrogens is 254 g/mol. The molecule has 0 aromatic carbocycles.